The van der Waals surface area contributed by atoms with Crippen LogP contribution in [0.15, 0.2) is 64.8 Å². The Bertz CT molecular complexity index is 549. The van der Waals surface area contributed by atoms with E-state index in [1.165, 1.54) is 0 Å². The number of carbonyl (C=O) groups excluding carboxylic acids is 1. The van der Waals surface area contributed by atoms with E-state index in [9.17, 15) is 4.79 Å². The summed E-state index contributed by atoms with van der Waals surface area (Å²) in [6, 6.07) is 15.8. The maximum Gasteiger partial charge on any atom is 0.316 e. The highest BCUT2D eigenvalue weighted by Gasteiger charge is 1.95. The molecule has 0 aliphatic rings. The van der Waals surface area contributed by atoms with Crippen molar-refractivity contribution in [1.82, 2.24) is 0 Å². The largest absolute Gasteiger partial charge is 0.351 e. The van der Waals surface area contributed by atoms with Gasteiger partial charge in [0.15, 0.2) is 0 Å². The van der Waals surface area contributed by atoms with E-state index in [2.05, 4.69) is 15.5 Å². The lowest BCUT2D eigenvalue weighted by atomic mass is 10.3. The summed E-state index contributed by atoms with van der Waals surface area (Å²) in [4.78, 5) is 10.6. The van der Waals surface area contributed by atoms with Crippen molar-refractivity contribution in [3.8, 4) is 0 Å². The molecule has 0 aliphatic carbocycles. The Labute approximate surface area is 104 Å². The number of hydrogen-bond donors (Lipinski definition) is 2. The Kier molecular flexibility index (Phi) is 3.66. The minimum Gasteiger partial charge on any atom is -0.351 e. The second kappa shape index (κ2) is 5.58. The van der Waals surface area contributed by atoms with Crippen LogP contribution in [0.2, 0.25) is 0 Å². The van der Waals surface area contributed by atoms with E-state index in [4.69, 9.17) is 5.73 Å². The molecular formula is C13H12N4O. The van der Waals surface area contributed by atoms with Crippen LogP contribution in [-0.4, -0.2) is 6.03 Å². The SMILES string of the molecule is NC(=O)Nc1ccc(/N=N/c2ccccc2)cc1. The van der Waals surface area contributed by atoms with Gasteiger partial charge in [0, 0.05) is 5.69 Å². The fourth-order valence-electron chi connectivity index (χ4n) is 1.36. The molecule has 0 unspecified atom stereocenters. The third kappa shape index (κ3) is 3.41. The lowest BCUT2D eigenvalue weighted by Crippen LogP contribution is -2.18. The third-order valence-electron chi connectivity index (χ3n) is 2.17. The number of azo groups is 1. The molecule has 0 aromatic heterocycles. The van der Waals surface area contributed by atoms with Gasteiger partial charge in [0.1, 0.15) is 0 Å². The average molecular weight is 240 g/mol. The molecule has 5 heteroatoms. The van der Waals surface area contributed by atoms with Gasteiger partial charge >= 0.3 is 6.03 Å². The minimum atomic E-state index is -0.589. The maximum atomic E-state index is 10.6. The van der Waals surface area contributed by atoms with Crippen LogP contribution >= 0.6 is 0 Å². The van der Waals surface area contributed by atoms with Crippen molar-refractivity contribution in [1.29, 1.82) is 0 Å². The second-order valence-corrected chi connectivity index (χ2v) is 3.57. The number of nitrogens with one attached hydrogen (secondary N) is 1. The molecular weight excluding hydrogens is 228 g/mol. The standard InChI is InChI=1S/C13H12N4O/c14-13(18)15-10-6-8-12(9-7-10)17-16-11-4-2-1-3-5-11/h1-9H,(H3,14,15,18)/b17-16+. The van der Waals surface area contributed by atoms with Gasteiger partial charge in [0.25, 0.3) is 0 Å². The first-order valence-corrected chi connectivity index (χ1v) is 5.37. The van der Waals surface area contributed by atoms with Gasteiger partial charge in [0.05, 0.1) is 11.4 Å². The predicted molar refractivity (Wildman–Crippen MR) is 70.3 cm³/mol. The van der Waals surface area contributed by atoms with Gasteiger partial charge in [-0.15, -0.1) is 0 Å². The van der Waals surface area contributed by atoms with Crippen LogP contribution in [0.5, 0.6) is 0 Å². The van der Waals surface area contributed by atoms with Crippen molar-refractivity contribution in [2.24, 2.45) is 16.0 Å². The van der Waals surface area contributed by atoms with Crippen LogP contribution in [0.4, 0.5) is 21.9 Å². The van der Waals surface area contributed by atoms with Crippen molar-refractivity contribution in [2.45, 2.75) is 0 Å². The van der Waals surface area contributed by atoms with Crippen LogP contribution in [0, 0.1) is 0 Å². The van der Waals surface area contributed by atoms with E-state index in [0.717, 1.165) is 5.69 Å². The quantitative estimate of drug-likeness (QED) is 0.790. The third-order valence-corrected chi connectivity index (χ3v) is 2.17. The van der Waals surface area contributed by atoms with Crippen LogP contribution < -0.4 is 11.1 Å². The summed E-state index contributed by atoms with van der Waals surface area (Å²) in [5.74, 6) is 0. The number of anilines is 1. The molecule has 18 heavy (non-hydrogen) atoms. The van der Waals surface area contributed by atoms with E-state index in [1.807, 2.05) is 30.3 Å². The smallest absolute Gasteiger partial charge is 0.316 e. The molecule has 2 aromatic carbocycles. The molecule has 0 bridgehead atoms. The van der Waals surface area contributed by atoms with Gasteiger partial charge in [-0.05, 0) is 36.4 Å². The molecule has 0 aliphatic heterocycles. The number of urea groups is 1. The Morgan fingerprint density at radius 2 is 1.44 bits per heavy atom. The molecule has 0 fully saturated rings. The van der Waals surface area contributed by atoms with E-state index >= 15 is 0 Å². The van der Waals surface area contributed by atoms with Crippen LogP contribution in [0.1, 0.15) is 0 Å². The van der Waals surface area contributed by atoms with E-state index in [1.54, 1.807) is 24.3 Å². The van der Waals surface area contributed by atoms with Crippen LogP contribution in [-0.2, 0) is 0 Å². The topological polar surface area (TPSA) is 79.8 Å². The molecule has 0 radical (unpaired) electrons. The van der Waals surface area contributed by atoms with Crippen molar-refractivity contribution < 1.29 is 4.79 Å². The molecule has 0 saturated carbocycles. The second-order valence-electron chi connectivity index (χ2n) is 3.57. The Morgan fingerprint density at radius 1 is 0.889 bits per heavy atom. The highest BCUT2D eigenvalue weighted by atomic mass is 16.2. The first kappa shape index (κ1) is 11.8. The zero-order valence-electron chi connectivity index (χ0n) is 9.58. The van der Waals surface area contributed by atoms with E-state index < -0.39 is 6.03 Å². The molecule has 3 N–H and O–H groups in total. The lowest BCUT2D eigenvalue weighted by molar-refractivity contribution is 0.259. The zero-order chi connectivity index (χ0) is 12.8. The van der Waals surface area contributed by atoms with Crippen LogP contribution in [0.3, 0.4) is 0 Å². The van der Waals surface area contributed by atoms with Crippen molar-refractivity contribution in [2.75, 3.05) is 5.32 Å². The summed E-state index contributed by atoms with van der Waals surface area (Å²) in [7, 11) is 0. The van der Waals surface area contributed by atoms with Gasteiger partial charge < -0.3 is 11.1 Å². The van der Waals surface area contributed by atoms with Crippen molar-refractivity contribution in [3.63, 3.8) is 0 Å². The summed E-state index contributed by atoms with van der Waals surface area (Å²) in [5, 5.41) is 10.6. The number of nitrogens with two attached hydrogens (primary N) is 1. The number of carbonyl (C=O) groups is 1. The molecule has 0 atom stereocenters. The molecule has 2 rings (SSSR count). The van der Waals surface area contributed by atoms with Gasteiger partial charge in [-0.25, -0.2) is 4.79 Å². The summed E-state index contributed by atoms with van der Waals surface area (Å²) in [6.45, 7) is 0. The monoisotopic (exact) mass is 240 g/mol. The Morgan fingerprint density at radius 3 is 2.00 bits per heavy atom. The molecule has 2 aromatic rings. The highest BCUT2D eigenvalue weighted by molar-refractivity contribution is 5.87. The minimum absolute atomic E-state index is 0.589. The van der Waals surface area contributed by atoms with Crippen molar-refractivity contribution >= 4 is 23.1 Å². The summed E-state index contributed by atoms with van der Waals surface area (Å²) < 4.78 is 0. The molecule has 5 nitrogen and oxygen atoms in total. The number of hydrogen-bond acceptors (Lipinski definition) is 3. The summed E-state index contributed by atoms with van der Waals surface area (Å²) >= 11 is 0. The number of amides is 2. The first-order valence-electron chi connectivity index (χ1n) is 5.37. The summed E-state index contributed by atoms with van der Waals surface area (Å²) in [5.41, 5.74) is 7.12. The maximum absolute atomic E-state index is 10.6. The number of benzene rings is 2. The Hall–Kier alpha value is -2.69. The summed E-state index contributed by atoms with van der Waals surface area (Å²) in [6.07, 6.45) is 0. The first-order chi connectivity index (χ1) is 8.74. The fourth-order valence-corrected chi connectivity index (χ4v) is 1.36. The number of rotatable bonds is 3. The lowest BCUT2D eigenvalue weighted by Gasteiger charge is -2.00. The van der Waals surface area contributed by atoms with Crippen LogP contribution in [0.25, 0.3) is 0 Å². The molecule has 2 amide bonds. The molecule has 0 heterocycles. The normalized spacial score (nSPS) is 10.4. The van der Waals surface area contributed by atoms with Gasteiger partial charge in [-0.3, -0.25) is 0 Å². The van der Waals surface area contributed by atoms with E-state index in [-0.39, 0.29) is 0 Å². The van der Waals surface area contributed by atoms with Gasteiger partial charge in [-0.2, -0.15) is 10.2 Å². The van der Waals surface area contributed by atoms with E-state index in [0.29, 0.717) is 11.4 Å². The molecule has 0 spiro atoms. The molecule has 0 saturated heterocycles. The number of primary amides is 1. The van der Waals surface area contributed by atoms with Gasteiger partial charge in [0.2, 0.25) is 0 Å². The molecule has 90 valence electrons. The van der Waals surface area contributed by atoms with Gasteiger partial charge in [-0.1, -0.05) is 18.2 Å². The fraction of sp³-hybridized carbons (Fsp3) is 0. The zero-order valence-corrected chi connectivity index (χ0v) is 9.58. The Balaban J connectivity index is 2.06. The number of nitrogens with zero attached hydrogens (tertiary/aromatic N) is 2. The average Bonchev–Trinajstić information content (AvgIpc) is 2.38. The highest BCUT2D eigenvalue weighted by Crippen LogP contribution is 2.19. The predicted octanol–water partition coefficient (Wildman–Crippen LogP) is 3.59. The van der Waals surface area contributed by atoms with Crippen molar-refractivity contribution in [3.05, 3.63) is 54.6 Å².